The van der Waals surface area contributed by atoms with Gasteiger partial charge in [0.25, 0.3) is 5.88 Å². The normalized spacial score (nSPS) is 22.7. The van der Waals surface area contributed by atoms with Crippen molar-refractivity contribution in [2.45, 2.75) is 102 Å². The zero-order valence-electron chi connectivity index (χ0n) is 29.0. The molecule has 0 spiro atoms. The Hall–Kier alpha value is -4.58. The number of ether oxygens (including phenoxy) is 4. The average Bonchev–Trinajstić information content (AvgIpc) is 3.84. The van der Waals surface area contributed by atoms with Crippen molar-refractivity contribution in [3.8, 4) is 28.8 Å². The maximum absolute atomic E-state index is 9.69. The van der Waals surface area contributed by atoms with Gasteiger partial charge >= 0.3 is 0 Å². The molecule has 1 saturated carbocycles. The molecule has 2 bridgehead atoms. The first-order chi connectivity index (χ1) is 24.4. The molecule has 4 aromatic rings. The van der Waals surface area contributed by atoms with E-state index in [1.807, 2.05) is 39.1 Å². The van der Waals surface area contributed by atoms with E-state index in [1.54, 1.807) is 29.5 Å². The van der Waals surface area contributed by atoms with Gasteiger partial charge in [-0.15, -0.1) is 5.10 Å². The topological polar surface area (TPSA) is 150 Å². The lowest BCUT2D eigenvalue weighted by atomic mass is 9.89. The van der Waals surface area contributed by atoms with E-state index in [4.69, 9.17) is 24.0 Å². The van der Waals surface area contributed by atoms with Crippen LogP contribution in [0.3, 0.4) is 0 Å². The Balaban J connectivity index is 1.03. The lowest BCUT2D eigenvalue weighted by Crippen LogP contribution is -2.52. The molecular weight excluding hydrogens is 636 g/mol. The Bertz CT molecular complexity index is 1710. The number of nitrogens with one attached hydrogen (secondary N) is 1. The minimum absolute atomic E-state index is 0.124. The molecule has 2 saturated heterocycles. The summed E-state index contributed by atoms with van der Waals surface area (Å²) in [5.41, 5.74) is 2.79. The first-order valence-corrected chi connectivity index (χ1v) is 17.7. The van der Waals surface area contributed by atoms with Crippen LogP contribution in [0.1, 0.15) is 70.9 Å². The molecule has 0 amide bonds. The lowest BCUT2D eigenvalue weighted by molar-refractivity contribution is -0.0458. The number of aromatic nitrogens is 7. The fraction of sp³-hybridized carbons (Fsp3) is 0.556. The molecule has 0 radical (unpaired) electrons. The van der Waals surface area contributed by atoms with E-state index in [9.17, 15) is 5.26 Å². The number of nitriles is 1. The van der Waals surface area contributed by atoms with Crippen LogP contribution in [-0.4, -0.2) is 96.2 Å². The van der Waals surface area contributed by atoms with Gasteiger partial charge in [-0.2, -0.15) is 10.4 Å². The van der Waals surface area contributed by atoms with Crippen LogP contribution < -0.4 is 14.8 Å². The molecule has 1 N–H and O–H groups in total. The molecule has 3 aliphatic rings. The lowest BCUT2D eigenvalue weighted by Gasteiger charge is -2.43. The molecule has 14 heteroatoms. The fourth-order valence-electron chi connectivity index (χ4n) is 7.45. The predicted molar refractivity (Wildman–Crippen MR) is 185 cm³/mol. The molecule has 0 unspecified atom stereocenters. The number of nitrogens with zero attached hydrogens (tertiary/aromatic N) is 9. The van der Waals surface area contributed by atoms with Crippen molar-refractivity contribution < 1.29 is 18.9 Å². The SMILES string of the molecule is CC(C)OCCOc1nn([C@H]2CC[C@H](N3[C@@H]4CC[C@H]3COC4)CC2)cc1Nc1ncc(-c2ccc(C#N)c(O[C@@H](C)Cn3cncn3)c2)cn1. The second kappa shape index (κ2) is 15.5. The minimum Gasteiger partial charge on any atom is -0.487 e. The fourth-order valence-corrected chi connectivity index (χ4v) is 7.45. The van der Waals surface area contributed by atoms with Gasteiger partial charge in [-0.25, -0.2) is 19.6 Å². The van der Waals surface area contributed by atoms with E-state index < -0.39 is 0 Å². The number of morpholine rings is 1. The summed E-state index contributed by atoms with van der Waals surface area (Å²) in [5, 5.41) is 22.1. The predicted octanol–water partition coefficient (Wildman–Crippen LogP) is 5.17. The first-order valence-electron chi connectivity index (χ1n) is 17.7. The third-order valence-electron chi connectivity index (χ3n) is 9.80. The van der Waals surface area contributed by atoms with Crippen molar-refractivity contribution in [2.24, 2.45) is 0 Å². The summed E-state index contributed by atoms with van der Waals surface area (Å²) < 4.78 is 27.6. The maximum Gasteiger partial charge on any atom is 0.257 e. The summed E-state index contributed by atoms with van der Waals surface area (Å²) in [7, 11) is 0. The van der Waals surface area contributed by atoms with Crippen molar-refractivity contribution in [3.05, 3.63) is 55.0 Å². The van der Waals surface area contributed by atoms with Crippen LogP contribution in [0.2, 0.25) is 0 Å². The molecule has 50 heavy (non-hydrogen) atoms. The minimum atomic E-state index is -0.231. The Kier molecular flexibility index (Phi) is 10.5. The van der Waals surface area contributed by atoms with Crippen LogP contribution in [0.4, 0.5) is 11.6 Å². The van der Waals surface area contributed by atoms with Gasteiger partial charge in [0.2, 0.25) is 5.95 Å². The molecule has 1 aromatic carbocycles. The van der Waals surface area contributed by atoms with Crippen LogP contribution in [-0.2, 0) is 16.0 Å². The van der Waals surface area contributed by atoms with Crippen LogP contribution in [0.15, 0.2) is 49.4 Å². The Morgan fingerprint density at radius 1 is 0.960 bits per heavy atom. The number of hydrogen-bond acceptors (Lipinski definition) is 12. The molecule has 3 atom stereocenters. The highest BCUT2D eigenvalue weighted by atomic mass is 16.5. The second-order valence-corrected chi connectivity index (χ2v) is 13.7. The van der Waals surface area contributed by atoms with Gasteiger partial charge in [-0.1, -0.05) is 6.07 Å². The van der Waals surface area contributed by atoms with Crippen LogP contribution in [0.5, 0.6) is 11.6 Å². The number of rotatable bonds is 14. The smallest absolute Gasteiger partial charge is 0.257 e. The largest absolute Gasteiger partial charge is 0.487 e. The Labute approximate surface area is 292 Å². The van der Waals surface area contributed by atoms with Gasteiger partial charge < -0.3 is 24.3 Å². The van der Waals surface area contributed by atoms with E-state index in [1.165, 1.54) is 19.2 Å². The standard InChI is InChI=1S/C36H46N10O4/c1-24(2)48-12-13-49-35-33(19-45(43-35)29-6-8-30(9-7-29)46-31-10-11-32(46)21-47-20-31)42-36-39-16-28(17-40-36)26-4-5-27(15-37)34(14-26)50-25(3)18-44-23-38-22-41-44/h4-5,14,16-17,19,22-25,29-32H,6-13,18,20-21H2,1-3H3,(H,39,40,42)/t25-,29-,30-,31-,32+/m0/s1. The van der Waals surface area contributed by atoms with Crippen molar-refractivity contribution in [2.75, 3.05) is 31.7 Å². The highest BCUT2D eigenvalue weighted by molar-refractivity contribution is 5.67. The highest BCUT2D eigenvalue weighted by Crippen LogP contribution is 2.39. The van der Waals surface area contributed by atoms with Gasteiger partial charge in [0.05, 0.1) is 50.3 Å². The molecule has 264 valence electrons. The van der Waals surface area contributed by atoms with Gasteiger partial charge in [0.15, 0.2) is 0 Å². The third-order valence-corrected chi connectivity index (χ3v) is 9.80. The number of benzene rings is 1. The van der Waals surface area contributed by atoms with Gasteiger partial charge in [0.1, 0.15) is 42.9 Å². The molecule has 3 aromatic heterocycles. The molecule has 7 rings (SSSR count). The average molecular weight is 683 g/mol. The van der Waals surface area contributed by atoms with Crippen LogP contribution >= 0.6 is 0 Å². The highest BCUT2D eigenvalue weighted by Gasteiger charge is 2.42. The van der Waals surface area contributed by atoms with E-state index in [0.717, 1.165) is 50.0 Å². The summed E-state index contributed by atoms with van der Waals surface area (Å²) in [6, 6.07) is 9.77. The van der Waals surface area contributed by atoms with E-state index >= 15 is 0 Å². The number of hydrogen-bond donors (Lipinski definition) is 1. The summed E-state index contributed by atoms with van der Waals surface area (Å²) in [6.07, 6.45) is 15.5. The number of anilines is 2. The second-order valence-electron chi connectivity index (χ2n) is 13.7. The van der Waals surface area contributed by atoms with Crippen molar-refractivity contribution >= 4 is 11.6 Å². The molecule has 3 fully saturated rings. The molecule has 1 aliphatic carbocycles. The van der Waals surface area contributed by atoms with Crippen LogP contribution in [0.25, 0.3) is 11.1 Å². The van der Waals surface area contributed by atoms with Crippen LogP contribution in [0, 0.1) is 11.3 Å². The molecule has 14 nitrogen and oxygen atoms in total. The summed E-state index contributed by atoms with van der Waals surface area (Å²) >= 11 is 0. The maximum atomic E-state index is 9.69. The summed E-state index contributed by atoms with van der Waals surface area (Å²) in [4.78, 5) is 16.0. The van der Waals surface area contributed by atoms with E-state index in [2.05, 4.69) is 41.0 Å². The van der Waals surface area contributed by atoms with Crippen molar-refractivity contribution in [1.29, 1.82) is 5.26 Å². The number of fused-ring (bicyclic) bond motifs is 2. The monoisotopic (exact) mass is 682 g/mol. The Morgan fingerprint density at radius 3 is 2.40 bits per heavy atom. The van der Waals surface area contributed by atoms with Gasteiger partial charge in [0, 0.05) is 36.1 Å². The quantitative estimate of drug-likeness (QED) is 0.175. The zero-order valence-corrected chi connectivity index (χ0v) is 29.0. The van der Waals surface area contributed by atoms with Gasteiger partial charge in [-0.3, -0.25) is 9.58 Å². The van der Waals surface area contributed by atoms with Gasteiger partial charge in [-0.05, 0) is 77.0 Å². The van der Waals surface area contributed by atoms with Crippen molar-refractivity contribution in [1.82, 2.24) is 39.4 Å². The van der Waals surface area contributed by atoms with Crippen molar-refractivity contribution in [3.63, 3.8) is 0 Å². The third kappa shape index (κ3) is 7.90. The van der Waals surface area contributed by atoms with E-state index in [0.29, 0.717) is 72.8 Å². The first kappa shape index (κ1) is 33.9. The zero-order chi connectivity index (χ0) is 34.5. The summed E-state index contributed by atoms with van der Waals surface area (Å²) in [6.45, 7) is 9.06. The summed E-state index contributed by atoms with van der Waals surface area (Å²) in [5.74, 6) is 1.42. The molecular formula is C36H46N10O4. The van der Waals surface area contributed by atoms with E-state index in [-0.39, 0.29) is 12.2 Å². The molecule has 5 heterocycles. The Morgan fingerprint density at radius 2 is 1.70 bits per heavy atom. The molecule has 2 aliphatic heterocycles.